The number of rotatable bonds is 7. The fourth-order valence-corrected chi connectivity index (χ4v) is 3.21. The summed E-state index contributed by atoms with van der Waals surface area (Å²) in [6, 6.07) is 12.4. The summed E-state index contributed by atoms with van der Waals surface area (Å²) in [6.07, 6.45) is 0. The summed E-state index contributed by atoms with van der Waals surface area (Å²) in [4.78, 5) is 25.6. The predicted molar refractivity (Wildman–Crippen MR) is 107 cm³/mol. The SMILES string of the molecule is COc1cccc(NC(=O)CN(C)C(=O)COc2ccc(Br)cc2Br)c1. The van der Waals surface area contributed by atoms with E-state index in [1.807, 2.05) is 12.1 Å². The van der Waals surface area contributed by atoms with E-state index in [2.05, 4.69) is 37.2 Å². The number of hydrogen-bond acceptors (Lipinski definition) is 4. The smallest absolute Gasteiger partial charge is 0.260 e. The number of carbonyl (C=O) groups is 2. The first-order valence-electron chi connectivity index (χ1n) is 7.64. The largest absolute Gasteiger partial charge is 0.497 e. The zero-order chi connectivity index (χ0) is 19.1. The van der Waals surface area contributed by atoms with Crippen molar-refractivity contribution >= 4 is 49.4 Å². The predicted octanol–water partition coefficient (Wildman–Crippen LogP) is 3.70. The molecule has 8 heteroatoms. The first kappa shape index (κ1) is 20.3. The Morgan fingerprint density at radius 1 is 1.15 bits per heavy atom. The zero-order valence-electron chi connectivity index (χ0n) is 14.3. The molecule has 0 aliphatic heterocycles. The molecular weight excluding hydrogens is 468 g/mol. The highest BCUT2D eigenvalue weighted by molar-refractivity contribution is 9.11. The van der Waals surface area contributed by atoms with Crippen molar-refractivity contribution in [3.8, 4) is 11.5 Å². The number of amides is 2. The van der Waals surface area contributed by atoms with Gasteiger partial charge in [-0.15, -0.1) is 0 Å². The normalized spacial score (nSPS) is 10.2. The number of methoxy groups -OCH3 is 1. The van der Waals surface area contributed by atoms with Crippen molar-refractivity contribution in [1.82, 2.24) is 4.90 Å². The van der Waals surface area contributed by atoms with E-state index in [0.717, 1.165) is 8.95 Å². The van der Waals surface area contributed by atoms with Crippen molar-refractivity contribution in [3.05, 3.63) is 51.4 Å². The molecule has 2 amide bonds. The van der Waals surface area contributed by atoms with E-state index in [-0.39, 0.29) is 25.0 Å². The number of benzene rings is 2. The molecule has 0 bridgehead atoms. The Morgan fingerprint density at radius 2 is 1.92 bits per heavy atom. The van der Waals surface area contributed by atoms with Gasteiger partial charge in [-0.05, 0) is 46.3 Å². The van der Waals surface area contributed by atoms with Crippen LogP contribution >= 0.6 is 31.9 Å². The third-order valence-electron chi connectivity index (χ3n) is 3.41. The number of likely N-dealkylation sites (N-methyl/N-ethyl adjacent to an activating group) is 1. The Bertz CT molecular complexity index is 799. The minimum atomic E-state index is -0.307. The van der Waals surface area contributed by atoms with Crippen LogP contribution in [0.15, 0.2) is 51.4 Å². The second-order valence-corrected chi connectivity index (χ2v) is 7.16. The fourth-order valence-electron chi connectivity index (χ4n) is 2.05. The molecular formula is C18H18Br2N2O4. The summed E-state index contributed by atoms with van der Waals surface area (Å²) < 4.78 is 12.2. The minimum absolute atomic E-state index is 0.0824. The lowest BCUT2D eigenvalue weighted by Gasteiger charge is -2.17. The van der Waals surface area contributed by atoms with E-state index in [4.69, 9.17) is 9.47 Å². The molecule has 138 valence electrons. The van der Waals surface area contributed by atoms with Gasteiger partial charge in [-0.25, -0.2) is 0 Å². The Labute approximate surface area is 168 Å². The number of anilines is 1. The number of hydrogen-bond donors (Lipinski definition) is 1. The topological polar surface area (TPSA) is 67.9 Å². The summed E-state index contributed by atoms with van der Waals surface area (Å²) >= 11 is 6.72. The van der Waals surface area contributed by atoms with Crippen LogP contribution in [0.2, 0.25) is 0 Å². The third-order valence-corrected chi connectivity index (χ3v) is 4.52. The first-order valence-corrected chi connectivity index (χ1v) is 9.23. The summed E-state index contributed by atoms with van der Waals surface area (Å²) in [5.41, 5.74) is 0.602. The molecule has 0 fully saturated rings. The lowest BCUT2D eigenvalue weighted by Crippen LogP contribution is -2.37. The van der Waals surface area contributed by atoms with Gasteiger partial charge in [0.05, 0.1) is 18.1 Å². The molecule has 0 atom stereocenters. The number of halogens is 2. The van der Waals surface area contributed by atoms with Crippen LogP contribution in [-0.4, -0.2) is 44.0 Å². The van der Waals surface area contributed by atoms with Gasteiger partial charge in [0.15, 0.2) is 6.61 Å². The van der Waals surface area contributed by atoms with Gasteiger partial charge in [0.2, 0.25) is 5.91 Å². The van der Waals surface area contributed by atoms with Crippen LogP contribution in [-0.2, 0) is 9.59 Å². The van der Waals surface area contributed by atoms with Gasteiger partial charge in [-0.1, -0.05) is 22.0 Å². The molecule has 0 spiro atoms. The van der Waals surface area contributed by atoms with Gasteiger partial charge in [-0.2, -0.15) is 0 Å². The third kappa shape index (κ3) is 6.03. The molecule has 0 aliphatic rings. The van der Waals surface area contributed by atoms with Crippen LogP contribution in [0.5, 0.6) is 11.5 Å². The Hall–Kier alpha value is -2.06. The van der Waals surface area contributed by atoms with Crippen molar-refractivity contribution in [2.75, 3.05) is 32.6 Å². The number of carbonyl (C=O) groups excluding carboxylic acids is 2. The highest BCUT2D eigenvalue weighted by Gasteiger charge is 2.14. The molecule has 0 aromatic heterocycles. The maximum atomic E-state index is 12.2. The minimum Gasteiger partial charge on any atom is -0.497 e. The molecule has 2 aromatic carbocycles. The Morgan fingerprint density at radius 3 is 2.62 bits per heavy atom. The highest BCUT2D eigenvalue weighted by Crippen LogP contribution is 2.28. The maximum absolute atomic E-state index is 12.2. The molecule has 2 aromatic rings. The van der Waals surface area contributed by atoms with Crippen molar-refractivity contribution in [3.63, 3.8) is 0 Å². The maximum Gasteiger partial charge on any atom is 0.260 e. The van der Waals surface area contributed by atoms with Crippen LogP contribution in [0.4, 0.5) is 5.69 Å². The fraction of sp³-hybridized carbons (Fsp3) is 0.222. The van der Waals surface area contributed by atoms with Gasteiger partial charge in [0.1, 0.15) is 11.5 Å². The van der Waals surface area contributed by atoms with Gasteiger partial charge >= 0.3 is 0 Å². The summed E-state index contributed by atoms with van der Waals surface area (Å²) in [7, 11) is 3.10. The molecule has 0 saturated carbocycles. The van der Waals surface area contributed by atoms with Gasteiger partial charge in [0.25, 0.3) is 5.91 Å². The molecule has 6 nitrogen and oxygen atoms in total. The van der Waals surface area contributed by atoms with Gasteiger partial charge in [0, 0.05) is 23.3 Å². The number of ether oxygens (including phenoxy) is 2. The lowest BCUT2D eigenvalue weighted by molar-refractivity contribution is -0.135. The van der Waals surface area contributed by atoms with Crippen LogP contribution < -0.4 is 14.8 Å². The highest BCUT2D eigenvalue weighted by atomic mass is 79.9. The average Bonchev–Trinajstić information content (AvgIpc) is 2.60. The summed E-state index contributed by atoms with van der Waals surface area (Å²) in [6.45, 7) is -0.246. The quantitative estimate of drug-likeness (QED) is 0.649. The molecule has 1 N–H and O–H groups in total. The van der Waals surface area contributed by atoms with Crippen molar-refractivity contribution in [2.45, 2.75) is 0 Å². The van der Waals surface area contributed by atoms with Crippen molar-refractivity contribution < 1.29 is 19.1 Å². The van der Waals surface area contributed by atoms with Gasteiger partial charge in [-0.3, -0.25) is 9.59 Å². The lowest BCUT2D eigenvalue weighted by atomic mass is 10.3. The van der Waals surface area contributed by atoms with E-state index < -0.39 is 0 Å². The molecule has 0 unspecified atom stereocenters. The standard InChI is InChI=1S/C18H18Br2N2O4/c1-22(10-17(23)21-13-4-3-5-14(9-13)25-2)18(24)11-26-16-7-6-12(19)8-15(16)20/h3-9H,10-11H2,1-2H3,(H,21,23). The first-order chi connectivity index (χ1) is 12.4. The van der Waals surface area contributed by atoms with Gasteiger partial charge < -0.3 is 19.7 Å². The number of nitrogens with one attached hydrogen (secondary N) is 1. The Balaban J connectivity index is 1.84. The summed E-state index contributed by atoms with van der Waals surface area (Å²) in [5, 5.41) is 2.73. The molecule has 0 heterocycles. The molecule has 0 aliphatic carbocycles. The number of nitrogens with zero attached hydrogens (tertiary/aromatic N) is 1. The monoisotopic (exact) mass is 484 g/mol. The van der Waals surface area contributed by atoms with E-state index in [1.165, 1.54) is 4.90 Å². The van der Waals surface area contributed by atoms with Crippen LogP contribution in [0.25, 0.3) is 0 Å². The van der Waals surface area contributed by atoms with Crippen molar-refractivity contribution in [1.29, 1.82) is 0 Å². The van der Waals surface area contributed by atoms with E-state index in [1.54, 1.807) is 44.5 Å². The second kappa shape index (κ2) is 9.59. The van der Waals surface area contributed by atoms with E-state index in [0.29, 0.717) is 17.2 Å². The van der Waals surface area contributed by atoms with Crippen LogP contribution in [0, 0.1) is 0 Å². The second-order valence-electron chi connectivity index (χ2n) is 5.39. The molecule has 0 radical (unpaired) electrons. The van der Waals surface area contributed by atoms with E-state index in [9.17, 15) is 9.59 Å². The Kier molecular flexibility index (Phi) is 7.47. The molecule has 0 saturated heterocycles. The molecule has 2 rings (SSSR count). The van der Waals surface area contributed by atoms with Crippen LogP contribution in [0.1, 0.15) is 0 Å². The summed E-state index contributed by atoms with van der Waals surface area (Å²) in [5.74, 6) is 0.580. The van der Waals surface area contributed by atoms with Crippen molar-refractivity contribution in [2.24, 2.45) is 0 Å². The van der Waals surface area contributed by atoms with E-state index >= 15 is 0 Å². The van der Waals surface area contributed by atoms with Crippen LogP contribution in [0.3, 0.4) is 0 Å². The zero-order valence-corrected chi connectivity index (χ0v) is 17.5. The molecule has 26 heavy (non-hydrogen) atoms. The average molecular weight is 486 g/mol.